The summed E-state index contributed by atoms with van der Waals surface area (Å²) in [7, 11) is 0. The average molecular weight is 396 g/mol. The number of aryl methyl sites for hydroxylation is 1. The minimum absolute atomic E-state index is 0. The zero-order chi connectivity index (χ0) is 12.5. The van der Waals surface area contributed by atoms with E-state index >= 15 is 0 Å². The Bertz CT molecular complexity index is 604. The third-order valence-electron chi connectivity index (χ3n) is 3.72. The molecule has 0 radical (unpaired) electrons. The van der Waals surface area contributed by atoms with Crippen molar-refractivity contribution in [3.63, 3.8) is 0 Å². The minimum atomic E-state index is 0. The number of halogens is 2. The van der Waals surface area contributed by atoms with E-state index in [4.69, 9.17) is 0 Å². The van der Waals surface area contributed by atoms with Crippen LogP contribution in [0.25, 0.3) is 10.8 Å². The normalized spacial score (nSPS) is 16.4. The molecule has 0 nitrogen and oxygen atoms in total. The Morgan fingerprint density at radius 2 is 1.86 bits per heavy atom. The quantitative estimate of drug-likeness (QED) is 0.574. The van der Waals surface area contributed by atoms with Crippen LogP contribution in [0.4, 0.5) is 0 Å². The Balaban J connectivity index is 0.00000133. The molecule has 0 saturated carbocycles. The summed E-state index contributed by atoms with van der Waals surface area (Å²) in [6.07, 6.45) is 8.07. The van der Waals surface area contributed by atoms with Gasteiger partial charge < -0.3 is 24.8 Å². The van der Waals surface area contributed by atoms with E-state index in [0.717, 1.165) is 12.8 Å². The van der Waals surface area contributed by atoms with Gasteiger partial charge in [0, 0.05) is 0 Å². The fraction of sp³-hybridized carbons (Fsp3) is 0.278. The molecular formula is C18H18Cl2Zr. The second-order valence-electron chi connectivity index (χ2n) is 5.25. The molecule has 0 aromatic heterocycles. The van der Waals surface area contributed by atoms with Gasteiger partial charge in [0.15, 0.2) is 0 Å². The van der Waals surface area contributed by atoms with Crippen molar-refractivity contribution in [1.82, 2.24) is 0 Å². The van der Waals surface area contributed by atoms with Gasteiger partial charge in [-0.3, -0.25) is 6.08 Å². The first-order valence-electron chi connectivity index (χ1n) is 6.68. The summed E-state index contributed by atoms with van der Waals surface area (Å²) in [4.78, 5) is 0. The molecule has 0 bridgehead atoms. The van der Waals surface area contributed by atoms with E-state index in [1.165, 1.54) is 27.5 Å². The predicted octanol–water partition coefficient (Wildman–Crippen LogP) is -1.18. The van der Waals surface area contributed by atoms with Crippen LogP contribution in [0.3, 0.4) is 0 Å². The van der Waals surface area contributed by atoms with Crippen LogP contribution in [0.15, 0.2) is 53.6 Å². The van der Waals surface area contributed by atoms with Gasteiger partial charge in [0.25, 0.3) is 0 Å². The average Bonchev–Trinajstić information content (AvgIpc) is 2.89. The molecule has 1 atom stereocenters. The second-order valence-corrected chi connectivity index (χ2v) is 5.25. The molecule has 0 amide bonds. The maximum Gasteiger partial charge on any atom is 4.00 e. The van der Waals surface area contributed by atoms with Crippen molar-refractivity contribution in [2.45, 2.75) is 26.7 Å². The van der Waals surface area contributed by atoms with Gasteiger partial charge in [-0.25, -0.2) is 11.1 Å². The van der Waals surface area contributed by atoms with Crippen LogP contribution in [0, 0.1) is 12.0 Å². The summed E-state index contributed by atoms with van der Waals surface area (Å²) < 4.78 is 0. The summed E-state index contributed by atoms with van der Waals surface area (Å²) in [6.45, 7) is 4.40. The standard InChI is InChI=1S/C18H18.2ClH.Zr/c1-13-9-14(2)16(10-13)8-7-15-11-17-5-3-4-6-18(17)12-15;;;/h3-6,9,11-13H,7-8H2,1-2H3;2*1H;/q-2;;;+4/p-2. The Labute approximate surface area is 159 Å². The molecule has 108 valence electrons. The number of benzene rings is 1. The maximum absolute atomic E-state index is 3.53. The molecule has 0 aliphatic heterocycles. The summed E-state index contributed by atoms with van der Waals surface area (Å²) >= 11 is 0. The van der Waals surface area contributed by atoms with E-state index in [2.05, 4.69) is 62.4 Å². The third kappa shape index (κ3) is 4.88. The Kier molecular flexibility index (Phi) is 8.94. The molecular weight excluding hydrogens is 378 g/mol. The Hall–Kier alpha value is -0.227. The smallest absolute Gasteiger partial charge is 1.00 e. The molecule has 1 aliphatic rings. The number of rotatable bonds is 3. The van der Waals surface area contributed by atoms with Gasteiger partial charge in [-0.1, -0.05) is 25.3 Å². The van der Waals surface area contributed by atoms with Crippen molar-refractivity contribution in [2.75, 3.05) is 0 Å². The molecule has 0 spiro atoms. The van der Waals surface area contributed by atoms with Crippen molar-refractivity contribution in [2.24, 2.45) is 5.92 Å². The molecule has 3 heteroatoms. The van der Waals surface area contributed by atoms with Crippen molar-refractivity contribution in [1.29, 1.82) is 0 Å². The fourth-order valence-electron chi connectivity index (χ4n) is 2.80. The maximum atomic E-state index is 3.53. The molecule has 21 heavy (non-hydrogen) atoms. The van der Waals surface area contributed by atoms with Gasteiger partial charge in [-0.2, -0.15) is 12.1 Å². The van der Waals surface area contributed by atoms with Gasteiger partial charge in [0.05, 0.1) is 0 Å². The molecule has 0 N–H and O–H groups in total. The molecule has 1 unspecified atom stereocenters. The summed E-state index contributed by atoms with van der Waals surface area (Å²) in [5.74, 6) is 0.499. The van der Waals surface area contributed by atoms with Crippen LogP contribution in [0.1, 0.15) is 25.8 Å². The first-order chi connectivity index (χ1) is 8.72. The number of fused-ring (bicyclic) bond motifs is 1. The van der Waals surface area contributed by atoms with Crippen LogP contribution >= 0.6 is 0 Å². The topological polar surface area (TPSA) is 0 Å². The first kappa shape index (κ1) is 20.8. The van der Waals surface area contributed by atoms with Crippen molar-refractivity contribution in [3.8, 4) is 0 Å². The molecule has 0 heterocycles. The molecule has 3 rings (SSSR count). The number of allylic oxidation sites excluding steroid dienone is 4. The van der Waals surface area contributed by atoms with E-state index < -0.39 is 0 Å². The SMILES string of the molecule is CC1=CC(C)[C-]=C1CCc1cc2ccccc2[cH-]1.[Cl-].[Cl-].[Zr+4]. The molecule has 2 aromatic rings. The second kappa shape index (κ2) is 9.03. The summed E-state index contributed by atoms with van der Waals surface area (Å²) in [6, 6.07) is 13.2. The van der Waals surface area contributed by atoms with E-state index in [9.17, 15) is 0 Å². The molecule has 0 fully saturated rings. The van der Waals surface area contributed by atoms with Gasteiger partial charge in [0.2, 0.25) is 0 Å². The molecule has 0 saturated heterocycles. The van der Waals surface area contributed by atoms with Gasteiger partial charge in [-0.15, -0.1) is 47.5 Å². The molecule has 1 aliphatic carbocycles. The summed E-state index contributed by atoms with van der Waals surface area (Å²) in [5, 5.41) is 2.72. The zero-order valence-electron chi connectivity index (χ0n) is 12.3. The number of hydrogen-bond donors (Lipinski definition) is 0. The van der Waals surface area contributed by atoms with Crippen LogP contribution in [-0.2, 0) is 32.6 Å². The van der Waals surface area contributed by atoms with E-state index in [-0.39, 0.29) is 51.0 Å². The van der Waals surface area contributed by atoms with Crippen molar-refractivity contribution < 1.29 is 51.0 Å². The predicted molar refractivity (Wildman–Crippen MR) is 77.5 cm³/mol. The summed E-state index contributed by atoms with van der Waals surface area (Å²) in [5.41, 5.74) is 4.27. The zero-order valence-corrected chi connectivity index (χ0v) is 16.3. The van der Waals surface area contributed by atoms with Crippen LogP contribution in [0.5, 0.6) is 0 Å². The van der Waals surface area contributed by atoms with E-state index in [0.29, 0.717) is 5.92 Å². The number of hydrogen-bond acceptors (Lipinski definition) is 0. The largest absolute Gasteiger partial charge is 4.00 e. The van der Waals surface area contributed by atoms with E-state index in [1.54, 1.807) is 0 Å². The first-order valence-corrected chi connectivity index (χ1v) is 6.68. The van der Waals surface area contributed by atoms with Gasteiger partial charge >= 0.3 is 26.2 Å². The van der Waals surface area contributed by atoms with Crippen molar-refractivity contribution in [3.05, 3.63) is 65.3 Å². The Morgan fingerprint density at radius 1 is 1.14 bits per heavy atom. The van der Waals surface area contributed by atoms with Crippen LogP contribution in [-0.4, -0.2) is 0 Å². The minimum Gasteiger partial charge on any atom is -1.00 e. The van der Waals surface area contributed by atoms with Gasteiger partial charge in [0.1, 0.15) is 0 Å². The Morgan fingerprint density at radius 3 is 2.48 bits per heavy atom. The molecule has 2 aromatic carbocycles. The van der Waals surface area contributed by atoms with Crippen LogP contribution < -0.4 is 24.8 Å². The van der Waals surface area contributed by atoms with Gasteiger partial charge in [-0.05, 0) is 6.42 Å². The van der Waals surface area contributed by atoms with E-state index in [1.807, 2.05) is 0 Å². The third-order valence-corrected chi connectivity index (χ3v) is 3.72. The van der Waals surface area contributed by atoms with Crippen molar-refractivity contribution >= 4 is 10.8 Å². The van der Waals surface area contributed by atoms with Crippen LogP contribution in [0.2, 0.25) is 0 Å². The fourth-order valence-corrected chi connectivity index (χ4v) is 2.80. The monoisotopic (exact) mass is 394 g/mol.